The Balaban J connectivity index is 1.37. The number of amides is 2. The monoisotopic (exact) mass is 599 g/mol. The van der Waals surface area contributed by atoms with Crippen LogP contribution in [0.2, 0.25) is 5.02 Å². The predicted octanol–water partition coefficient (Wildman–Crippen LogP) is 5.05. The quantitative estimate of drug-likeness (QED) is 0.500. The van der Waals surface area contributed by atoms with Gasteiger partial charge in [0.05, 0.1) is 5.60 Å². The first-order chi connectivity index (χ1) is 20.0. The molecule has 3 aliphatic rings. The van der Waals surface area contributed by atoms with E-state index in [0.29, 0.717) is 56.9 Å². The van der Waals surface area contributed by atoms with E-state index in [4.69, 9.17) is 21.1 Å². The molecule has 0 saturated carbocycles. The standard InChI is InChI=1S/C32H39ClFN3O5/c1-31(2)18-23(14-17-41-31)29(39)37-15-12-22(13-16-37)28(38)32(20-35-19-27(32)21-4-6-24(33)7-5-21)36(3)30(40)42-26-10-8-25(34)9-11-26/h4-11,22-23,27,35H,12-20H2,1-3H3/t23?,27-,32+/m0/s1. The molecule has 3 atom stereocenters. The highest BCUT2D eigenvalue weighted by Gasteiger charge is 2.56. The third-order valence-electron chi connectivity index (χ3n) is 9.13. The van der Waals surface area contributed by atoms with E-state index in [9.17, 15) is 18.8 Å². The Kier molecular flexibility index (Phi) is 8.92. The summed E-state index contributed by atoms with van der Waals surface area (Å²) in [5.74, 6) is -0.934. The Hall–Kier alpha value is -3.01. The lowest BCUT2D eigenvalue weighted by molar-refractivity contribution is -0.148. The highest BCUT2D eigenvalue weighted by molar-refractivity contribution is 6.30. The van der Waals surface area contributed by atoms with Crippen molar-refractivity contribution in [3.63, 3.8) is 0 Å². The maximum atomic E-state index is 14.6. The average Bonchev–Trinajstić information content (AvgIpc) is 3.43. The fourth-order valence-corrected chi connectivity index (χ4v) is 6.94. The lowest BCUT2D eigenvalue weighted by Gasteiger charge is -2.44. The van der Waals surface area contributed by atoms with E-state index in [1.807, 2.05) is 30.9 Å². The second-order valence-corrected chi connectivity index (χ2v) is 12.7. The molecule has 3 aliphatic heterocycles. The van der Waals surface area contributed by atoms with Crippen LogP contribution in [0, 0.1) is 17.7 Å². The Labute approximate surface area is 251 Å². The Morgan fingerprint density at radius 1 is 1.02 bits per heavy atom. The van der Waals surface area contributed by atoms with Crippen LogP contribution in [0.4, 0.5) is 9.18 Å². The number of piperidine rings is 1. The number of rotatable bonds is 6. The van der Waals surface area contributed by atoms with E-state index in [1.54, 1.807) is 19.2 Å². The summed E-state index contributed by atoms with van der Waals surface area (Å²) in [5.41, 5.74) is -0.667. The number of carbonyl (C=O) groups is 3. The van der Waals surface area contributed by atoms with Gasteiger partial charge in [-0.15, -0.1) is 0 Å². The van der Waals surface area contributed by atoms with Crippen molar-refractivity contribution in [2.24, 2.45) is 11.8 Å². The normalized spacial score (nSPS) is 26.1. The summed E-state index contributed by atoms with van der Waals surface area (Å²) in [4.78, 5) is 44.8. The van der Waals surface area contributed by atoms with Gasteiger partial charge in [-0.2, -0.15) is 0 Å². The number of nitrogens with zero attached hydrogens (tertiary/aromatic N) is 2. The van der Waals surface area contributed by atoms with Crippen LogP contribution in [0.1, 0.15) is 51.0 Å². The number of carbonyl (C=O) groups excluding carboxylic acids is 3. The topological polar surface area (TPSA) is 88.2 Å². The molecule has 2 aromatic carbocycles. The van der Waals surface area contributed by atoms with E-state index in [1.165, 1.54) is 29.2 Å². The number of Topliss-reactive ketones (excluding diaryl/α,β-unsaturated/α-hetero) is 1. The third-order valence-corrected chi connectivity index (χ3v) is 9.39. The summed E-state index contributed by atoms with van der Waals surface area (Å²) in [6.45, 7) is 6.32. The first-order valence-corrected chi connectivity index (χ1v) is 15.0. The van der Waals surface area contributed by atoms with Gasteiger partial charge in [-0.25, -0.2) is 9.18 Å². The molecule has 0 aromatic heterocycles. The van der Waals surface area contributed by atoms with Crippen LogP contribution in [0.15, 0.2) is 48.5 Å². The van der Waals surface area contributed by atoms with Crippen LogP contribution in [-0.4, -0.2) is 78.6 Å². The maximum Gasteiger partial charge on any atom is 0.415 e. The molecule has 8 nitrogen and oxygen atoms in total. The number of halogens is 2. The smallest absolute Gasteiger partial charge is 0.410 e. The zero-order chi connectivity index (χ0) is 30.1. The van der Waals surface area contributed by atoms with Gasteiger partial charge in [-0.3, -0.25) is 14.5 Å². The summed E-state index contributed by atoms with van der Waals surface area (Å²) < 4.78 is 24.8. The number of likely N-dealkylation sites (N-methyl/N-ethyl adjacent to an activating group) is 1. The number of likely N-dealkylation sites (tertiary alicyclic amines) is 1. The lowest BCUT2D eigenvalue weighted by Crippen LogP contribution is -2.62. The average molecular weight is 600 g/mol. The molecular formula is C32H39ClFN3O5. The molecule has 1 unspecified atom stereocenters. The van der Waals surface area contributed by atoms with Gasteiger partial charge in [0.25, 0.3) is 0 Å². The minimum atomic E-state index is -1.23. The molecule has 226 valence electrons. The molecular weight excluding hydrogens is 561 g/mol. The van der Waals surface area contributed by atoms with Crippen LogP contribution in [-0.2, 0) is 14.3 Å². The number of ether oxygens (including phenoxy) is 2. The molecule has 0 bridgehead atoms. The first kappa shape index (κ1) is 30.4. The zero-order valence-electron chi connectivity index (χ0n) is 24.4. The number of nitrogens with one attached hydrogen (secondary N) is 1. The molecule has 10 heteroatoms. The van der Waals surface area contributed by atoms with E-state index < -0.39 is 17.4 Å². The van der Waals surface area contributed by atoms with Gasteiger partial charge in [0, 0.05) is 62.6 Å². The van der Waals surface area contributed by atoms with E-state index in [0.717, 1.165) is 5.56 Å². The molecule has 0 aliphatic carbocycles. The van der Waals surface area contributed by atoms with E-state index in [2.05, 4.69) is 5.32 Å². The molecule has 42 heavy (non-hydrogen) atoms. The van der Waals surface area contributed by atoms with Gasteiger partial charge in [-0.05, 0) is 81.5 Å². The van der Waals surface area contributed by atoms with Crippen LogP contribution >= 0.6 is 11.6 Å². The van der Waals surface area contributed by atoms with Crippen molar-refractivity contribution in [2.75, 3.05) is 39.8 Å². The fourth-order valence-electron chi connectivity index (χ4n) is 6.82. The third kappa shape index (κ3) is 6.19. The molecule has 2 aromatic rings. The van der Waals surface area contributed by atoms with Crippen LogP contribution < -0.4 is 10.1 Å². The van der Waals surface area contributed by atoms with Crippen LogP contribution in [0.3, 0.4) is 0 Å². The highest BCUT2D eigenvalue weighted by atomic mass is 35.5. The summed E-state index contributed by atoms with van der Waals surface area (Å²) >= 11 is 6.17. The summed E-state index contributed by atoms with van der Waals surface area (Å²) in [5, 5.41) is 3.93. The fraction of sp³-hybridized carbons (Fsp3) is 0.531. The molecule has 3 fully saturated rings. The van der Waals surface area contributed by atoms with Gasteiger partial charge < -0.3 is 19.7 Å². The molecule has 3 saturated heterocycles. The Bertz CT molecular complexity index is 1300. The molecule has 2 amide bonds. The van der Waals surface area contributed by atoms with Gasteiger partial charge in [0.2, 0.25) is 5.91 Å². The largest absolute Gasteiger partial charge is 0.415 e. The zero-order valence-corrected chi connectivity index (χ0v) is 25.2. The summed E-state index contributed by atoms with van der Waals surface area (Å²) in [7, 11) is 1.59. The molecule has 5 rings (SSSR count). The minimum Gasteiger partial charge on any atom is -0.410 e. The van der Waals surface area contributed by atoms with Crippen molar-refractivity contribution in [2.45, 2.75) is 56.6 Å². The van der Waals surface area contributed by atoms with Crippen molar-refractivity contribution in [3.8, 4) is 5.75 Å². The second kappa shape index (κ2) is 12.3. The second-order valence-electron chi connectivity index (χ2n) is 12.3. The van der Waals surface area contributed by atoms with Gasteiger partial charge in [-0.1, -0.05) is 23.7 Å². The van der Waals surface area contributed by atoms with Crippen molar-refractivity contribution in [1.82, 2.24) is 15.1 Å². The number of benzene rings is 2. The number of hydrogen-bond acceptors (Lipinski definition) is 6. The molecule has 0 radical (unpaired) electrons. The number of hydrogen-bond donors (Lipinski definition) is 1. The summed E-state index contributed by atoms with van der Waals surface area (Å²) in [6, 6.07) is 12.5. The highest BCUT2D eigenvalue weighted by Crippen LogP contribution is 2.41. The van der Waals surface area contributed by atoms with Crippen molar-refractivity contribution in [1.29, 1.82) is 0 Å². The van der Waals surface area contributed by atoms with E-state index in [-0.39, 0.29) is 47.3 Å². The maximum absolute atomic E-state index is 14.6. The van der Waals surface area contributed by atoms with Crippen molar-refractivity contribution < 1.29 is 28.2 Å². The van der Waals surface area contributed by atoms with Crippen LogP contribution in [0.25, 0.3) is 0 Å². The van der Waals surface area contributed by atoms with Gasteiger partial charge in [0.15, 0.2) is 5.78 Å². The Morgan fingerprint density at radius 2 is 1.69 bits per heavy atom. The summed E-state index contributed by atoms with van der Waals surface area (Å²) in [6.07, 6.45) is 1.73. The SMILES string of the molecule is CN(C(=O)Oc1ccc(F)cc1)[C@]1(C(=O)C2CCN(C(=O)C3CCOC(C)(C)C3)CC2)CNC[C@H]1c1ccc(Cl)cc1. The molecule has 3 heterocycles. The minimum absolute atomic E-state index is 0.0506. The van der Waals surface area contributed by atoms with Gasteiger partial charge >= 0.3 is 6.09 Å². The molecule has 1 N–H and O–H groups in total. The Morgan fingerprint density at radius 3 is 2.33 bits per heavy atom. The van der Waals surface area contributed by atoms with Crippen LogP contribution in [0.5, 0.6) is 5.75 Å². The number of ketones is 1. The molecule has 0 spiro atoms. The van der Waals surface area contributed by atoms with E-state index >= 15 is 0 Å². The van der Waals surface area contributed by atoms with Crippen molar-refractivity contribution >= 4 is 29.4 Å². The lowest BCUT2D eigenvalue weighted by atomic mass is 9.72. The predicted molar refractivity (Wildman–Crippen MR) is 157 cm³/mol. The van der Waals surface area contributed by atoms with Crippen molar-refractivity contribution in [3.05, 3.63) is 64.9 Å². The first-order valence-electron chi connectivity index (χ1n) is 14.6. The van der Waals surface area contributed by atoms with Gasteiger partial charge in [0.1, 0.15) is 17.1 Å².